The first-order valence-corrected chi connectivity index (χ1v) is 10.2. The highest BCUT2D eigenvalue weighted by Crippen LogP contribution is 2.17. The molecule has 0 heterocycles. The van der Waals surface area contributed by atoms with Crippen LogP contribution in [0.15, 0.2) is 48.5 Å². The molecule has 6 heteroatoms. The van der Waals surface area contributed by atoms with Crippen LogP contribution in [-0.4, -0.2) is 23.5 Å². The van der Waals surface area contributed by atoms with Gasteiger partial charge in [-0.1, -0.05) is 12.1 Å². The quantitative estimate of drug-likeness (QED) is 0.451. The van der Waals surface area contributed by atoms with Crippen molar-refractivity contribution < 1.29 is 9.13 Å². The lowest BCUT2D eigenvalue weighted by Crippen LogP contribution is -2.29. The maximum Gasteiger partial charge on any atom is 0.170 e. The summed E-state index contributed by atoms with van der Waals surface area (Å²) in [4.78, 5) is 0. The van der Waals surface area contributed by atoms with E-state index in [0.29, 0.717) is 5.11 Å². The van der Waals surface area contributed by atoms with Crippen LogP contribution in [0.4, 0.5) is 10.1 Å². The van der Waals surface area contributed by atoms with E-state index in [4.69, 9.17) is 17.0 Å². The van der Waals surface area contributed by atoms with Crippen LogP contribution >= 0.6 is 24.0 Å². The molecule has 0 saturated carbocycles. The van der Waals surface area contributed by atoms with E-state index in [-0.39, 0.29) is 11.9 Å². The van der Waals surface area contributed by atoms with Crippen molar-refractivity contribution >= 4 is 34.8 Å². The Bertz CT molecular complexity index is 675. The van der Waals surface area contributed by atoms with Crippen LogP contribution in [0.2, 0.25) is 0 Å². The SMILES string of the molecule is CC(C)Oc1ccc(NC(=S)NCCCSCc2ccc(F)cc2)cc1. The van der Waals surface area contributed by atoms with Crippen LogP contribution in [-0.2, 0) is 5.75 Å². The van der Waals surface area contributed by atoms with Gasteiger partial charge in [0.15, 0.2) is 5.11 Å². The molecule has 0 aromatic heterocycles. The Balaban J connectivity index is 1.57. The van der Waals surface area contributed by atoms with Crippen molar-refractivity contribution in [2.75, 3.05) is 17.6 Å². The summed E-state index contributed by atoms with van der Waals surface area (Å²) in [6, 6.07) is 14.4. The van der Waals surface area contributed by atoms with Gasteiger partial charge in [0.25, 0.3) is 0 Å². The van der Waals surface area contributed by atoms with Gasteiger partial charge in [0.2, 0.25) is 0 Å². The van der Waals surface area contributed by atoms with Crippen molar-refractivity contribution in [3.63, 3.8) is 0 Å². The van der Waals surface area contributed by atoms with E-state index < -0.39 is 0 Å². The van der Waals surface area contributed by atoms with Gasteiger partial charge in [-0.3, -0.25) is 0 Å². The molecular formula is C20H25FN2OS2. The monoisotopic (exact) mass is 392 g/mol. The lowest BCUT2D eigenvalue weighted by atomic mass is 10.2. The summed E-state index contributed by atoms with van der Waals surface area (Å²) in [5.41, 5.74) is 2.08. The van der Waals surface area contributed by atoms with E-state index in [9.17, 15) is 4.39 Å². The molecule has 3 nitrogen and oxygen atoms in total. The van der Waals surface area contributed by atoms with Gasteiger partial charge in [-0.25, -0.2) is 4.39 Å². The molecule has 2 aromatic rings. The molecule has 0 saturated heterocycles. The second-order valence-corrected chi connectivity index (χ2v) is 7.62. The van der Waals surface area contributed by atoms with Crippen LogP contribution in [0.1, 0.15) is 25.8 Å². The summed E-state index contributed by atoms with van der Waals surface area (Å²) in [6.45, 7) is 4.82. The molecule has 0 aliphatic carbocycles. The molecule has 2 aromatic carbocycles. The summed E-state index contributed by atoms with van der Waals surface area (Å²) in [5, 5.41) is 6.99. The van der Waals surface area contributed by atoms with Gasteiger partial charge >= 0.3 is 0 Å². The normalized spacial score (nSPS) is 10.6. The van der Waals surface area contributed by atoms with Gasteiger partial charge < -0.3 is 15.4 Å². The Hall–Kier alpha value is -1.79. The topological polar surface area (TPSA) is 33.3 Å². The van der Waals surface area contributed by atoms with E-state index in [2.05, 4.69) is 10.6 Å². The molecule has 0 fully saturated rings. The minimum absolute atomic E-state index is 0.164. The first kappa shape index (κ1) is 20.5. The average molecular weight is 393 g/mol. The van der Waals surface area contributed by atoms with Crippen LogP contribution < -0.4 is 15.4 Å². The van der Waals surface area contributed by atoms with Gasteiger partial charge in [0.1, 0.15) is 11.6 Å². The van der Waals surface area contributed by atoms with Crippen molar-refractivity contribution in [3.05, 3.63) is 59.9 Å². The van der Waals surface area contributed by atoms with Crippen molar-refractivity contribution in [2.45, 2.75) is 32.1 Å². The fraction of sp³-hybridized carbons (Fsp3) is 0.350. The van der Waals surface area contributed by atoms with Crippen molar-refractivity contribution in [1.82, 2.24) is 5.32 Å². The molecule has 2 N–H and O–H groups in total. The van der Waals surface area contributed by atoms with Crippen molar-refractivity contribution in [1.29, 1.82) is 0 Å². The fourth-order valence-corrected chi connectivity index (χ4v) is 3.35. The lowest BCUT2D eigenvalue weighted by Gasteiger charge is -2.12. The molecule has 26 heavy (non-hydrogen) atoms. The zero-order valence-corrected chi connectivity index (χ0v) is 16.8. The molecule has 0 bridgehead atoms. The Morgan fingerprint density at radius 2 is 1.81 bits per heavy atom. The highest BCUT2D eigenvalue weighted by atomic mass is 32.2. The zero-order valence-electron chi connectivity index (χ0n) is 15.1. The standard InChI is InChI=1S/C20H25FN2OS2/c1-15(2)24-19-10-8-18(9-11-19)23-20(25)22-12-3-13-26-14-16-4-6-17(21)7-5-16/h4-11,15H,3,12-14H2,1-2H3,(H2,22,23,25). The van der Waals surface area contributed by atoms with Crippen LogP contribution in [0.5, 0.6) is 5.75 Å². The van der Waals surface area contributed by atoms with E-state index >= 15 is 0 Å². The molecule has 0 spiro atoms. The summed E-state index contributed by atoms with van der Waals surface area (Å²) in [5.74, 6) is 2.58. The second-order valence-electron chi connectivity index (χ2n) is 6.10. The highest BCUT2D eigenvalue weighted by molar-refractivity contribution is 7.98. The summed E-state index contributed by atoms with van der Waals surface area (Å²) in [6.07, 6.45) is 1.17. The maximum absolute atomic E-state index is 12.8. The average Bonchev–Trinajstić information content (AvgIpc) is 2.61. The summed E-state index contributed by atoms with van der Waals surface area (Å²) < 4.78 is 18.5. The third-order valence-corrected chi connectivity index (χ3v) is 4.78. The zero-order chi connectivity index (χ0) is 18.8. The lowest BCUT2D eigenvalue weighted by molar-refractivity contribution is 0.242. The first-order valence-electron chi connectivity index (χ1n) is 8.66. The number of rotatable bonds is 9. The van der Waals surface area contributed by atoms with Gasteiger partial charge in [0.05, 0.1) is 6.10 Å². The Morgan fingerprint density at radius 3 is 2.46 bits per heavy atom. The molecule has 0 amide bonds. The molecule has 0 atom stereocenters. The van der Waals surface area contributed by atoms with Crippen molar-refractivity contribution in [2.24, 2.45) is 0 Å². The largest absolute Gasteiger partial charge is 0.491 e. The second kappa shape index (κ2) is 11.0. The number of halogens is 1. The number of hydrogen-bond donors (Lipinski definition) is 2. The van der Waals surface area contributed by atoms with Gasteiger partial charge in [-0.15, -0.1) is 0 Å². The molecule has 0 radical (unpaired) electrons. The minimum Gasteiger partial charge on any atom is -0.491 e. The van der Waals surface area contributed by atoms with Crippen molar-refractivity contribution in [3.8, 4) is 5.75 Å². The number of thiocarbonyl (C=S) groups is 1. The third-order valence-electron chi connectivity index (χ3n) is 3.42. The molecule has 0 unspecified atom stereocenters. The van der Waals surface area contributed by atoms with E-state index in [1.165, 1.54) is 12.1 Å². The first-order chi connectivity index (χ1) is 12.5. The fourth-order valence-electron chi connectivity index (χ4n) is 2.21. The van der Waals surface area contributed by atoms with Gasteiger partial charge in [-0.2, -0.15) is 11.8 Å². The Morgan fingerprint density at radius 1 is 1.12 bits per heavy atom. The maximum atomic E-state index is 12.8. The Labute approximate surface area is 164 Å². The van der Waals surface area contributed by atoms with E-state index in [1.54, 1.807) is 0 Å². The summed E-state index contributed by atoms with van der Waals surface area (Å²) >= 11 is 7.14. The number of ether oxygens (including phenoxy) is 1. The Kier molecular flexibility index (Phi) is 8.71. The molecular weight excluding hydrogens is 367 g/mol. The minimum atomic E-state index is -0.189. The molecule has 0 aliphatic rings. The number of anilines is 1. The number of thioether (sulfide) groups is 1. The predicted molar refractivity (Wildman–Crippen MR) is 114 cm³/mol. The smallest absolute Gasteiger partial charge is 0.170 e. The number of nitrogens with one attached hydrogen (secondary N) is 2. The highest BCUT2D eigenvalue weighted by Gasteiger charge is 2.00. The molecule has 2 rings (SSSR count). The molecule has 0 aliphatic heterocycles. The molecule has 140 valence electrons. The van der Waals surface area contributed by atoms with Crippen LogP contribution in [0.3, 0.4) is 0 Å². The van der Waals surface area contributed by atoms with Gasteiger partial charge in [-0.05, 0) is 80.2 Å². The van der Waals surface area contributed by atoms with Crippen LogP contribution in [0.25, 0.3) is 0 Å². The third kappa shape index (κ3) is 8.06. The van der Waals surface area contributed by atoms with Crippen LogP contribution in [0, 0.1) is 5.82 Å². The van der Waals surface area contributed by atoms with E-state index in [1.807, 2.05) is 62.0 Å². The number of hydrogen-bond acceptors (Lipinski definition) is 3. The summed E-state index contributed by atoms with van der Waals surface area (Å²) in [7, 11) is 0. The van der Waals surface area contributed by atoms with E-state index in [0.717, 1.165) is 41.5 Å². The van der Waals surface area contributed by atoms with Gasteiger partial charge in [0, 0.05) is 18.0 Å². The predicted octanol–water partition coefficient (Wildman–Crippen LogP) is 5.22. The number of benzene rings is 2.